The molecule has 3 N–H and O–H groups in total. The molecule has 0 unspecified atom stereocenters. The van der Waals surface area contributed by atoms with Gasteiger partial charge in [0, 0.05) is 32.3 Å². The van der Waals surface area contributed by atoms with Gasteiger partial charge in [0.2, 0.25) is 5.91 Å². The fraction of sp³-hybridized carbons (Fsp3) is 0.556. The Morgan fingerprint density at radius 3 is 3.06 bits per heavy atom. The van der Waals surface area contributed by atoms with Crippen molar-refractivity contribution in [3.05, 3.63) is 12.3 Å². The van der Waals surface area contributed by atoms with Crippen molar-refractivity contribution in [3.63, 3.8) is 0 Å². The number of carbonyl (C=O) groups is 1. The molecule has 0 fully saturated rings. The molecule has 1 amide bonds. The zero-order chi connectivity index (χ0) is 11.1. The highest BCUT2D eigenvalue weighted by atomic mass is 35.5. The van der Waals surface area contributed by atoms with Crippen molar-refractivity contribution >= 4 is 24.1 Å². The number of hydrogen-bond donors (Lipinski definition) is 2. The van der Waals surface area contributed by atoms with Gasteiger partial charge in [0.25, 0.3) is 0 Å². The first-order valence-corrected chi connectivity index (χ1v) is 4.78. The van der Waals surface area contributed by atoms with Crippen LogP contribution in [0.3, 0.4) is 0 Å². The number of ether oxygens (including phenoxy) is 1. The summed E-state index contributed by atoms with van der Waals surface area (Å²) in [6.07, 6.45) is 2.10. The summed E-state index contributed by atoms with van der Waals surface area (Å²) in [4.78, 5) is 11.2. The van der Waals surface area contributed by atoms with Crippen LogP contribution in [0.15, 0.2) is 12.3 Å². The molecule has 0 atom stereocenters. The summed E-state index contributed by atoms with van der Waals surface area (Å²) >= 11 is 0. The Morgan fingerprint density at radius 1 is 1.69 bits per heavy atom. The van der Waals surface area contributed by atoms with Crippen LogP contribution in [-0.2, 0) is 16.1 Å². The van der Waals surface area contributed by atoms with Crippen LogP contribution < -0.4 is 11.1 Å². The molecular formula is C9H17ClN4O2. The number of aromatic nitrogens is 2. The summed E-state index contributed by atoms with van der Waals surface area (Å²) in [5.74, 6) is 0.430. The van der Waals surface area contributed by atoms with Crippen molar-refractivity contribution in [2.75, 3.05) is 25.6 Å². The van der Waals surface area contributed by atoms with Crippen LogP contribution in [0, 0.1) is 0 Å². The molecule has 1 heterocycles. The summed E-state index contributed by atoms with van der Waals surface area (Å²) in [5, 5.41) is 6.78. The molecule has 0 aliphatic carbocycles. The molecule has 0 radical (unpaired) electrons. The quantitative estimate of drug-likeness (QED) is 0.756. The van der Waals surface area contributed by atoms with Crippen molar-refractivity contribution in [1.82, 2.24) is 9.78 Å². The van der Waals surface area contributed by atoms with Gasteiger partial charge < -0.3 is 15.8 Å². The average Bonchev–Trinajstić information content (AvgIpc) is 2.63. The van der Waals surface area contributed by atoms with Gasteiger partial charge in [0.15, 0.2) is 5.82 Å². The number of nitrogens with two attached hydrogens (primary N) is 1. The van der Waals surface area contributed by atoms with Gasteiger partial charge in [-0.15, -0.1) is 12.4 Å². The first-order chi connectivity index (χ1) is 7.26. The highest BCUT2D eigenvalue weighted by molar-refractivity contribution is 5.89. The van der Waals surface area contributed by atoms with E-state index in [9.17, 15) is 4.79 Å². The Morgan fingerprint density at radius 2 is 2.44 bits per heavy atom. The van der Waals surface area contributed by atoms with Crippen LogP contribution in [0.4, 0.5) is 5.82 Å². The zero-order valence-electron chi connectivity index (χ0n) is 9.18. The number of nitrogens with one attached hydrogen (secondary N) is 1. The second-order valence-corrected chi connectivity index (χ2v) is 3.04. The minimum absolute atomic E-state index is 0. The topological polar surface area (TPSA) is 82.2 Å². The third-order valence-corrected chi connectivity index (χ3v) is 1.80. The van der Waals surface area contributed by atoms with Crippen LogP contribution in [0.2, 0.25) is 0 Å². The molecule has 0 saturated carbocycles. The number of carbonyl (C=O) groups excluding carboxylic acids is 1. The van der Waals surface area contributed by atoms with E-state index in [2.05, 4.69) is 10.4 Å². The lowest BCUT2D eigenvalue weighted by atomic mass is 10.4. The van der Waals surface area contributed by atoms with Gasteiger partial charge in [-0.25, -0.2) is 0 Å². The van der Waals surface area contributed by atoms with Gasteiger partial charge in [0.1, 0.15) is 0 Å². The number of methoxy groups -OCH3 is 1. The van der Waals surface area contributed by atoms with E-state index in [0.717, 1.165) is 0 Å². The number of nitrogens with zero attached hydrogens (tertiary/aromatic N) is 2. The summed E-state index contributed by atoms with van der Waals surface area (Å²) in [7, 11) is 1.63. The monoisotopic (exact) mass is 248 g/mol. The molecule has 1 aromatic heterocycles. The van der Waals surface area contributed by atoms with Crippen molar-refractivity contribution in [3.8, 4) is 0 Å². The summed E-state index contributed by atoms with van der Waals surface area (Å²) in [6, 6.07) is 1.74. The van der Waals surface area contributed by atoms with Crippen LogP contribution in [0.1, 0.15) is 6.42 Å². The van der Waals surface area contributed by atoms with Crippen molar-refractivity contribution < 1.29 is 9.53 Å². The molecule has 7 heteroatoms. The molecule has 16 heavy (non-hydrogen) atoms. The normalized spacial score (nSPS) is 9.62. The summed E-state index contributed by atoms with van der Waals surface area (Å²) in [6.45, 7) is 1.61. The van der Waals surface area contributed by atoms with Gasteiger partial charge in [-0.05, 0) is 0 Å². The predicted molar refractivity (Wildman–Crippen MR) is 63.7 cm³/mol. The predicted octanol–water partition coefficient (Wildman–Crippen LogP) is 0.239. The van der Waals surface area contributed by atoms with E-state index < -0.39 is 0 Å². The standard InChI is InChI=1S/C9H16N4O2.ClH/c1-15-7-6-13-5-3-8(12-13)11-9(14)2-4-10;/h3,5H,2,4,6-7,10H2,1H3,(H,11,12,14);1H. The Bertz CT molecular complexity index is 316. The third-order valence-electron chi connectivity index (χ3n) is 1.80. The third kappa shape index (κ3) is 5.11. The lowest BCUT2D eigenvalue weighted by Gasteiger charge is -2.00. The second kappa shape index (κ2) is 8.09. The minimum Gasteiger partial charge on any atom is -0.383 e. The van der Waals surface area contributed by atoms with Crippen LogP contribution in [0.5, 0.6) is 0 Å². The maximum absolute atomic E-state index is 11.2. The van der Waals surface area contributed by atoms with E-state index in [-0.39, 0.29) is 18.3 Å². The van der Waals surface area contributed by atoms with Gasteiger partial charge in [-0.1, -0.05) is 0 Å². The lowest BCUT2D eigenvalue weighted by Crippen LogP contribution is -2.16. The second-order valence-electron chi connectivity index (χ2n) is 3.04. The lowest BCUT2D eigenvalue weighted by molar-refractivity contribution is -0.116. The Kier molecular flexibility index (Phi) is 7.53. The molecule has 0 aliphatic heterocycles. The van der Waals surface area contributed by atoms with Crippen LogP contribution >= 0.6 is 12.4 Å². The number of rotatable bonds is 6. The molecule has 1 rings (SSSR count). The van der Waals surface area contributed by atoms with E-state index in [1.54, 1.807) is 24.1 Å². The molecule has 0 saturated heterocycles. The molecule has 0 bridgehead atoms. The molecule has 6 nitrogen and oxygen atoms in total. The van der Waals surface area contributed by atoms with E-state index in [0.29, 0.717) is 31.9 Å². The van der Waals surface area contributed by atoms with E-state index in [4.69, 9.17) is 10.5 Å². The molecule has 1 aromatic rings. The van der Waals surface area contributed by atoms with E-state index in [1.807, 2.05) is 0 Å². The molecule has 0 aliphatic rings. The Balaban J connectivity index is 0.00000225. The fourth-order valence-corrected chi connectivity index (χ4v) is 1.07. The Labute approximate surface area is 101 Å². The highest BCUT2D eigenvalue weighted by Crippen LogP contribution is 2.02. The largest absolute Gasteiger partial charge is 0.383 e. The van der Waals surface area contributed by atoms with Gasteiger partial charge in [-0.3, -0.25) is 9.48 Å². The van der Waals surface area contributed by atoms with Gasteiger partial charge >= 0.3 is 0 Å². The van der Waals surface area contributed by atoms with E-state index in [1.165, 1.54) is 0 Å². The average molecular weight is 249 g/mol. The van der Waals surface area contributed by atoms with Crippen molar-refractivity contribution in [1.29, 1.82) is 0 Å². The molecule has 0 spiro atoms. The number of anilines is 1. The maximum Gasteiger partial charge on any atom is 0.226 e. The SMILES string of the molecule is COCCn1ccc(NC(=O)CCN)n1.Cl. The van der Waals surface area contributed by atoms with Crippen LogP contribution in [0.25, 0.3) is 0 Å². The number of hydrogen-bond acceptors (Lipinski definition) is 4. The van der Waals surface area contributed by atoms with E-state index >= 15 is 0 Å². The van der Waals surface area contributed by atoms with Crippen LogP contribution in [-0.4, -0.2) is 35.9 Å². The van der Waals surface area contributed by atoms with Gasteiger partial charge in [-0.2, -0.15) is 5.10 Å². The van der Waals surface area contributed by atoms with Crippen molar-refractivity contribution in [2.45, 2.75) is 13.0 Å². The first kappa shape index (κ1) is 14.9. The molecule has 92 valence electrons. The molecular weight excluding hydrogens is 232 g/mol. The smallest absolute Gasteiger partial charge is 0.226 e. The number of amides is 1. The fourth-order valence-electron chi connectivity index (χ4n) is 1.07. The maximum atomic E-state index is 11.2. The van der Waals surface area contributed by atoms with Crippen molar-refractivity contribution in [2.24, 2.45) is 5.73 Å². The summed E-state index contributed by atoms with van der Waals surface area (Å²) in [5.41, 5.74) is 5.25. The Hall–Kier alpha value is -1.11. The number of halogens is 1. The highest BCUT2D eigenvalue weighted by Gasteiger charge is 2.03. The zero-order valence-corrected chi connectivity index (χ0v) is 10.00. The first-order valence-electron chi connectivity index (χ1n) is 4.78. The van der Waals surface area contributed by atoms with Gasteiger partial charge in [0.05, 0.1) is 13.2 Å². The summed E-state index contributed by atoms with van der Waals surface area (Å²) < 4.78 is 6.62. The minimum atomic E-state index is -0.116. The molecule has 0 aromatic carbocycles.